The summed E-state index contributed by atoms with van der Waals surface area (Å²) in [5, 5.41) is 13.7. The number of halogens is 2. The molecular formula is C19H12ClFN6O3. The molecule has 0 bridgehead atoms. The number of carbonyl (C=O) groups excluding carboxylic acids is 2. The molecule has 150 valence electrons. The maximum Gasteiger partial charge on any atom is 0.263 e. The summed E-state index contributed by atoms with van der Waals surface area (Å²) in [6.07, 6.45) is 0. The average Bonchev–Trinajstić information content (AvgIpc) is 3.43. The number of hydrogen-bond acceptors (Lipinski definition) is 8. The van der Waals surface area contributed by atoms with Gasteiger partial charge in [-0.2, -0.15) is 10.1 Å². The minimum absolute atomic E-state index is 0.00152. The van der Waals surface area contributed by atoms with Crippen LogP contribution in [-0.4, -0.2) is 39.0 Å². The largest absolute Gasteiger partial charge is 0.337 e. The van der Waals surface area contributed by atoms with Gasteiger partial charge in [-0.15, -0.1) is 0 Å². The number of rotatable bonds is 4. The van der Waals surface area contributed by atoms with Crippen LogP contribution in [0, 0.1) is 5.82 Å². The summed E-state index contributed by atoms with van der Waals surface area (Å²) in [7, 11) is 0. The second kappa shape index (κ2) is 6.99. The Labute approximate surface area is 173 Å². The van der Waals surface area contributed by atoms with Crippen LogP contribution in [0.25, 0.3) is 11.4 Å². The van der Waals surface area contributed by atoms with Gasteiger partial charge in [-0.25, -0.2) is 9.29 Å². The van der Waals surface area contributed by atoms with Crippen molar-refractivity contribution in [1.82, 2.24) is 15.1 Å². The van der Waals surface area contributed by atoms with Crippen LogP contribution in [0.3, 0.4) is 0 Å². The first-order chi connectivity index (χ1) is 14.5. The first-order valence-corrected chi connectivity index (χ1v) is 9.28. The van der Waals surface area contributed by atoms with Gasteiger partial charge in [0.05, 0.1) is 5.69 Å². The molecule has 2 atom stereocenters. The maximum atomic E-state index is 13.2. The van der Waals surface area contributed by atoms with E-state index < -0.39 is 29.7 Å². The third kappa shape index (κ3) is 3.01. The zero-order chi connectivity index (χ0) is 20.8. The molecule has 1 saturated heterocycles. The number of benzene rings is 2. The molecule has 11 heteroatoms. The van der Waals surface area contributed by atoms with Gasteiger partial charge in [0.15, 0.2) is 12.1 Å². The SMILES string of the molecule is O=C1C2N=NN(Cc3nc(-c4ccc(Cl)cc4)no3)C2C(=O)N1c1ccc(F)cc1. The fourth-order valence-corrected chi connectivity index (χ4v) is 3.50. The lowest BCUT2D eigenvalue weighted by Crippen LogP contribution is -2.39. The van der Waals surface area contributed by atoms with Gasteiger partial charge in [0.25, 0.3) is 11.8 Å². The standard InChI is InChI=1S/C19H12ClFN6O3/c20-11-3-1-10(2-4-11)17-22-14(30-24-17)9-26-16-15(23-25-26)18(28)27(19(16)29)13-7-5-12(21)6-8-13/h1-8,15-16H,9H2. The number of amides is 2. The monoisotopic (exact) mass is 426 g/mol. The lowest BCUT2D eigenvalue weighted by atomic mass is 10.1. The smallest absolute Gasteiger partial charge is 0.263 e. The van der Waals surface area contributed by atoms with Crippen molar-refractivity contribution in [1.29, 1.82) is 0 Å². The highest BCUT2D eigenvalue weighted by Crippen LogP contribution is 2.32. The Bertz CT molecular complexity index is 1160. The molecule has 2 aromatic carbocycles. The van der Waals surface area contributed by atoms with Crippen LogP contribution in [0.5, 0.6) is 0 Å². The molecule has 0 aliphatic carbocycles. The first kappa shape index (κ1) is 18.4. The van der Waals surface area contributed by atoms with Crippen molar-refractivity contribution in [2.45, 2.75) is 18.6 Å². The molecule has 0 spiro atoms. The van der Waals surface area contributed by atoms with Crippen LogP contribution in [0.4, 0.5) is 10.1 Å². The zero-order valence-electron chi connectivity index (χ0n) is 15.1. The van der Waals surface area contributed by atoms with E-state index in [1.807, 2.05) is 0 Å². The fraction of sp³-hybridized carbons (Fsp3) is 0.158. The van der Waals surface area contributed by atoms with Gasteiger partial charge in [0.2, 0.25) is 11.7 Å². The normalized spacial score (nSPS) is 20.3. The van der Waals surface area contributed by atoms with Gasteiger partial charge in [-0.1, -0.05) is 22.0 Å². The van der Waals surface area contributed by atoms with Crippen molar-refractivity contribution in [2.75, 3.05) is 4.90 Å². The molecule has 5 rings (SSSR count). The topological polar surface area (TPSA) is 104 Å². The van der Waals surface area contributed by atoms with Crippen molar-refractivity contribution in [3.05, 3.63) is 65.3 Å². The number of carbonyl (C=O) groups is 2. The van der Waals surface area contributed by atoms with Gasteiger partial charge < -0.3 is 4.52 Å². The predicted molar refractivity (Wildman–Crippen MR) is 102 cm³/mol. The Hall–Kier alpha value is -3.66. The Kier molecular flexibility index (Phi) is 4.28. The minimum atomic E-state index is -0.971. The fourth-order valence-electron chi connectivity index (χ4n) is 3.37. The number of hydrogen-bond donors (Lipinski definition) is 0. The highest BCUT2D eigenvalue weighted by atomic mass is 35.5. The van der Waals surface area contributed by atoms with Crippen molar-refractivity contribution in [3.63, 3.8) is 0 Å². The van der Waals surface area contributed by atoms with Crippen LogP contribution in [0.2, 0.25) is 5.02 Å². The van der Waals surface area contributed by atoms with Crippen molar-refractivity contribution in [2.24, 2.45) is 10.3 Å². The quantitative estimate of drug-likeness (QED) is 0.594. The van der Waals surface area contributed by atoms with E-state index in [1.165, 1.54) is 29.3 Å². The van der Waals surface area contributed by atoms with Crippen LogP contribution >= 0.6 is 11.6 Å². The summed E-state index contributed by atoms with van der Waals surface area (Å²) in [6, 6.07) is 10.1. The average molecular weight is 427 g/mol. The number of nitrogens with zero attached hydrogens (tertiary/aromatic N) is 6. The number of anilines is 1. The van der Waals surface area contributed by atoms with E-state index >= 15 is 0 Å². The molecule has 3 aromatic rings. The first-order valence-electron chi connectivity index (χ1n) is 8.90. The number of imide groups is 1. The predicted octanol–water partition coefficient (Wildman–Crippen LogP) is 3.02. The minimum Gasteiger partial charge on any atom is -0.337 e. The zero-order valence-corrected chi connectivity index (χ0v) is 15.9. The van der Waals surface area contributed by atoms with Gasteiger partial charge in [0, 0.05) is 10.6 Å². The van der Waals surface area contributed by atoms with E-state index in [9.17, 15) is 14.0 Å². The van der Waals surface area contributed by atoms with Crippen molar-refractivity contribution in [3.8, 4) is 11.4 Å². The molecule has 1 fully saturated rings. The molecule has 30 heavy (non-hydrogen) atoms. The Morgan fingerprint density at radius 3 is 2.50 bits per heavy atom. The molecule has 2 amide bonds. The Morgan fingerprint density at radius 2 is 1.77 bits per heavy atom. The molecule has 1 aromatic heterocycles. The molecule has 2 unspecified atom stereocenters. The van der Waals surface area contributed by atoms with E-state index in [0.717, 1.165) is 4.90 Å². The van der Waals surface area contributed by atoms with Gasteiger partial charge in [0.1, 0.15) is 12.4 Å². The van der Waals surface area contributed by atoms with Crippen molar-refractivity contribution >= 4 is 29.1 Å². The van der Waals surface area contributed by atoms with Crippen LogP contribution in [-0.2, 0) is 16.1 Å². The lowest BCUT2D eigenvalue weighted by Gasteiger charge is -2.19. The number of aromatic nitrogens is 2. The van der Waals surface area contributed by atoms with E-state index in [1.54, 1.807) is 24.3 Å². The Balaban J connectivity index is 1.36. The van der Waals surface area contributed by atoms with Gasteiger partial charge in [-0.3, -0.25) is 14.6 Å². The van der Waals surface area contributed by atoms with E-state index in [0.29, 0.717) is 16.4 Å². The van der Waals surface area contributed by atoms with Gasteiger partial charge >= 0.3 is 0 Å². The summed E-state index contributed by atoms with van der Waals surface area (Å²) in [4.78, 5) is 30.9. The molecule has 2 aliphatic rings. The van der Waals surface area contributed by atoms with E-state index in [4.69, 9.17) is 16.1 Å². The van der Waals surface area contributed by atoms with E-state index in [-0.39, 0.29) is 18.1 Å². The second-order valence-corrected chi connectivity index (χ2v) is 7.14. The summed E-state index contributed by atoms with van der Waals surface area (Å²) >= 11 is 5.88. The third-order valence-corrected chi connectivity index (χ3v) is 5.06. The van der Waals surface area contributed by atoms with Crippen LogP contribution in [0.15, 0.2) is 63.4 Å². The van der Waals surface area contributed by atoms with Gasteiger partial charge in [-0.05, 0) is 48.5 Å². The summed E-state index contributed by atoms with van der Waals surface area (Å²) in [5.41, 5.74) is 0.990. The molecular weight excluding hydrogens is 415 g/mol. The molecule has 3 heterocycles. The van der Waals surface area contributed by atoms with Crippen LogP contribution < -0.4 is 4.90 Å². The summed E-state index contributed by atoms with van der Waals surface area (Å²) < 4.78 is 18.4. The van der Waals surface area contributed by atoms with Crippen LogP contribution in [0.1, 0.15) is 5.89 Å². The second-order valence-electron chi connectivity index (χ2n) is 6.70. The molecule has 0 saturated carbocycles. The molecule has 9 nitrogen and oxygen atoms in total. The molecule has 2 aliphatic heterocycles. The summed E-state index contributed by atoms with van der Waals surface area (Å²) in [5.74, 6) is -0.919. The molecule has 0 N–H and O–H groups in total. The third-order valence-electron chi connectivity index (χ3n) is 4.81. The summed E-state index contributed by atoms with van der Waals surface area (Å²) in [6.45, 7) is 0.00152. The maximum absolute atomic E-state index is 13.2. The Morgan fingerprint density at radius 1 is 1.03 bits per heavy atom. The van der Waals surface area contributed by atoms with E-state index in [2.05, 4.69) is 20.5 Å². The highest BCUT2D eigenvalue weighted by molar-refractivity contribution is 6.30. The number of fused-ring (bicyclic) bond motifs is 1. The lowest BCUT2D eigenvalue weighted by molar-refractivity contribution is -0.123. The molecule has 0 radical (unpaired) electrons. The van der Waals surface area contributed by atoms with Crippen molar-refractivity contribution < 1.29 is 18.5 Å². The highest BCUT2D eigenvalue weighted by Gasteiger charge is 2.55.